The first-order chi connectivity index (χ1) is 25.3. The molecule has 0 aliphatic carbocycles. The van der Waals surface area contributed by atoms with Gasteiger partial charge in [0.05, 0.1) is 0 Å². The van der Waals surface area contributed by atoms with Crippen LogP contribution in [0.15, 0.2) is 176 Å². The molecule has 238 valence electrons. The molecule has 0 amide bonds. The number of hydrogen-bond donors (Lipinski definition) is 0. The van der Waals surface area contributed by atoms with Crippen molar-refractivity contribution in [2.75, 3.05) is 0 Å². The summed E-state index contributed by atoms with van der Waals surface area (Å²) in [4.78, 5) is 16.2. The summed E-state index contributed by atoms with van der Waals surface area (Å²) in [6, 6.07) is 62.1. The van der Waals surface area contributed by atoms with Crippen LogP contribution in [0, 0.1) is 0 Å². The maximum absolute atomic E-state index is 5.42. The molecule has 4 heteroatoms. The Hall–Kier alpha value is -6.49. The van der Waals surface area contributed by atoms with E-state index in [-0.39, 0.29) is 0 Å². The number of thiophene rings is 1. The summed E-state index contributed by atoms with van der Waals surface area (Å²) in [7, 11) is 0. The minimum absolute atomic E-state index is 0.643. The van der Waals surface area contributed by atoms with E-state index in [9.17, 15) is 0 Å². The van der Waals surface area contributed by atoms with Gasteiger partial charge in [0.1, 0.15) is 0 Å². The van der Waals surface area contributed by atoms with Gasteiger partial charge in [0.25, 0.3) is 0 Å². The third-order valence-electron chi connectivity index (χ3n) is 9.77. The number of rotatable bonds is 5. The van der Waals surface area contributed by atoms with Crippen molar-refractivity contribution in [1.82, 2.24) is 15.0 Å². The van der Waals surface area contributed by atoms with E-state index >= 15 is 0 Å². The second-order valence-corrected chi connectivity index (χ2v) is 13.8. The monoisotopic (exact) mass is 667 g/mol. The first-order valence-corrected chi connectivity index (χ1v) is 17.9. The Morgan fingerprint density at radius 1 is 0.314 bits per heavy atom. The Morgan fingerprint density at radius 2 is 0.863 bits per heavy atom. The van der Waals surface area contributed by atoms with Gasteiger partial charge >= 0.3 is 0 Å². The fourth-order valence-corrected chi connectivity index (χ4v) is 8.61. The van der Waals surface area contributed by atoms with E-state index in [1.54, 1.807) is 11.3 Å². The topological polar surface area (TPSA) is 38.7 Å². The van der Waals surface area contributed by atoms with Gasteiger partial charge in [0.15, 0.2) is 17.5 Å². The molecule has 0 aliphatic rings. The highest BCUT2D eigenvalue weighted by Crippen LogP contribution is 2.43. The Labute approximate surface area is 299 Å². The highest BCUT2D eigenvalue weighted by Gasteiger charge is 2.22. The second kappa shape index (κ2) is 12.1. The quantitative estimate of drug-likeness (QED) is 0.183. The second-order valence-electron chi connectivity index (χ2n) is 12.7. The van der Waals surface area contributed by atoms with Crippen molar-refractivity contribution in [3.63, 3.8) is 0 Å². The lowest BCUT2D eigenvalue weighted by molar-refractivity contribution is 1.08. The zero-order valence-electron chi connectivity index (χ0n) is 27.5. The molecule has 0 spiro atoms. The minimum Gasteiger partial charge on any atom is -0.208 e. The van der Waals surface area contributed by atoms with Gasteiger partial charge in [0.2, 0.25) is 0 Å². The number of hydrogen-bond acceptors (Lipinski definition) is 4. The predicted molar refractivity (Wildman–Crippen MR) is 215 cm³/mol. The van der Waals surface area contributed by atoms with Gasteiger partial charge < -0.3 is 0 Å². The van der Waals surface area contributed by atoms with E-state index in [0.717, 1.165) is 49.7 Å². The minimum atomic E-state index is 0.643. The van der Waals surface area contributed by atoms with Crippen LogP contribution in [0.25, 0.3) is 98.1 Å². The molecule has 0 saturated carbocycles. The van der Waals surface area contributed by atoms with Gasteiger partial charge in [-0.15, -0.1) is 11.3 Å². The van der Waals surface area contributed by atoms with Crippen LogP contribution < -0.4 is 0 Å². The summed E-state index contributed by atoms with van der Waals surface area (Å²) in [5, 5.41) is 7.08. The van der Waals surface area contributed by atoms with E-state index in [1.807, 2.05) is 6.07 Å². The van der Waals surface area contributed by atoms with Crippen LogP contribution >= 0.6 is 11.3 Å². The fourth-order valence-electron chi connectivity index (χ4n) is 7.40. The molecule has 2 aromatic heterocycles. The van der Waals surface area contributed by atoms with Gasteiger partial charge in [-0.3, -0.25) is 0 Å². The first-order valence-electron chi connectivity index (χ1n) is 17.1. The highest BCUT2D eigenvalue weighted by molar-refractivity contribution is 7.26. The van der Waals surface area contributed by atoms with E-state index in [2.05, 4.69) is 170 Å². The smallest absolute Gasteiger partial charge is 0.165 e. The van der Waals surface area contributed by atoms with E-state index in [4.69, 9.17) is 15.0 Å². The highest BCUT2D eigenvalue weighted by atomic mass is 32.1. The summed E-state index contributed by atoms with van der Waals surface area (Å²) < 4.78 is 2.42. The molecule has 2 heterocycles. The molecule has 8 aromatic carbocycles. The summed E-state index contributed by atoms with van der Waals surface area (Å²) in [5.41, 5.74) is 7.39. The maximum atomic E-state index is 5.42. The molecular formula is C47H29N3S. The summed E-state index contributed by atoms with van der Waals surface area (Å²) >= 11 is 1.79. The molecule has 51 heavy (non-hydrogen) atoms. The third-order valence-corrected chi connectivity index (χ3v) is 11.0. The lowest BCUT2D eigenvalue weighted by atomic mass is 9.90. The van der Waals surface area contributed by atoms with Gasteiger partial charge in [-0.2, -0.15) is 0 Å². The molecule has 0 radical (unpaired) electrons. The van der Waals surface area contributed by atoms with E-state index < -0.39 is 0 Å². The van der Waals surface area contributed by atoms with Crippen molar-refractivity contribution in [2.24, 2.45) is 0 Å². The van der Waals surface area contributed by atoms with Crippen molar-refractivity contribution in [3.05, 3.63) is 176 Å². The molecule has 0 unspecified atom stereocenters. The van der Waals surface area contributed by atoms with Crippen LogP contribution in [0.2, 0.25) is 0 Å². The Bertz CT molecular complexity index is 2920. The van der Waals surface area contributed by atoms with Crippen LogP contribution in [0.5, 0.6) is 0 Å². The van der Waals surface area contributed by atoms with Crippen molar-refractivity contribution in [3.8, 4) is 56.4 Å². The van der Waals surface area contributed by atoms with Crippen molar-refractivity contribution in [1.29, 1.82) is 0 Å². The number of benzene rings is 8. The van der Waals surface area contributed by atoms with Gasteiger partial charge in [-0.05, 0) is 55.9 Å². The molecule has 10 aromatic rings. The Kier molecular flexibility index (Phi) is 7.00. The lowest BCUT2D eigenvalue weighted by Crippen LogP contribution is -2.02. The zero-order valence-corrected chi connectivity index (χ0v) is 28.3. The molecule has 0 N–H and O–H groups in total. The van der Waals surface area contributed by atoms with Crippen LogP contribution in [0.1, 0.15) is 0 Å². The molecule has 0 atom stereocenters. The van der Waals surface area contributed by atoms with Crippen LogP contribution in [-0.2, 0) is 0 Å². The number of fused-ring (bicyclic) bond motifs is 5. The van der Waals surface area contributed by atoms with Gasteiger partial charge in [-0.25, -0.2) is 15.0 Å². The standard InChI is InChI=1S/C47H29N3S/c1-2-14-30(15-3-1)34-20-8-9-23-40(34)45-48-46(41-26-13-25-39-37-22-10-11-27-42(37)51-44(39)41)50-47(49-45)43-35-21-7-5-17-32(35)28-29-38(43)36-24-12-18-31-16-4-6-19-33(31)36/h1-29H. The summed E-state index contributed by atoms with van der Waals surface area (Å²) in [6.07, 6.45) is 0. The van der Waals surface area contributed by atoms with Crippen molar-refractivity contribution >= 4 is 53.1 Å². The summed E-state index contributed by atoms with van der Waals surface area (Å²) in [5.74, 6) is 1.95. The van der Waals surface area contributed by atoms with Gasteiger partial charge in [-0.1, -0.05) is 164 Å². The fraction of sp³-hybridized carbons (Fsp3) is 0. The van der Waals surface area contributed by atoms with Crippen LogP contribution in [0.4, 0.5) is 0 Å². The largest absolute Gasteiger partial charge is 0.208 e. The molecule has 10 rings (SSSR count). The molecule has 0 aliphatic heterocycles. The molecule has 0 saturated heterocycles. The third kappa shape index (κ3) is 5.00. The molecule has 0 bridgehead atoms. The summed E-state index contributed by atoms with van der Waals surface area (Å²) in [6.45, 7) is 0. The molecule has 3 nitrogen and oxygen atoms in total. The zero-order chi connectivity index (χ0) is 33.7. The van der Waals surface area contributed by atoms with Gasteiger partial charge in [0, 0.05) is 36.9 Å². The average Bonchev–Trinajstić information content (AvgIpc) is 3.59. The average molecular weight is 668 g/mol. The first kappa shape index (κ1) is 29.4. The predicted octanol–water partition coefficient (Wildman–Crippen LogP) is 12.9. The van der Waals surface area contributed by atoms with Crippen molar-refractivity contribution in [2.45, 2.75) is 0 Å². The normalized spacial score (nSPS) is 11.5. The van der Waals surface area contributed by atoms with E-state index in [1.165, 1.54) is 30.9 Å². The van der Waals surface area contributed by atoms with Crippen LogP contribution in [-0.4, -0.2) is 15.0 Å². The maximum Gasteiger partial charge on any atom is 0.165 e. The lowest BCUT2D eigenvalue weighted by Gasteiger charge is -2.17. The van der Waals surface area contributed by atoms with Crippen LogP contribution in [0.3, 0.4) is 0 Å². The van der Waals surface area contributed by atoms with Crippen molar-refractivity contribution < 1.29 is 0 Å². The van der Waals surface area contributed by atoms with E-state index in [0.29, 0.717) is 17.5 Å². The SMILES string of the molecule is c1ccc(-c2ccccc2-c2nc(-c3c(-c4cccc5ccccc45)ccc4ccccc34)nc(-c3cccc4c3sc3ccccc34)n2)cc1. The Balaban J connectivity index is 1.31. The number of nitrogens with zero attached hydrogens (tertiary/aromatic N) is 3. The molecule has 0 fully saturated rings. The number of aromatic nitrogens is 3. The Morgan fingerprint density at radius 3 is 1.71 bits per heavy atom. The molecular weight excluding hydrogens is 639 g/mol.